The maximum atomic E-state index is 6.53. The molecule has 2 unspecified atom stereocenters. The van der Waals surface area contributed by atoms with Gasteiger partial charge in [-0.25, -0.2) is 0 Å². The van der Waals surface area contributed by atoms with E-state index in [1.54, 1.807) is 0 Å². The van der Waals surface area contributed by atoms with Crippen molar-refractivity contribution in [3.63, 3.8) is 0 Å². The van der Waals surface area contributed by atoms with Gasteiger partial charge in [0.15, 0.2) is 5.96 Å². The Morgan fingerprint density at radius 1 is 1.17 bits per heavy atom. The van der Waals surface area contributed by atoms with E-state index in [1.807, 2.05) is 12.1 Å². The largest absolute Gasteiger partial charge is 0.357 e. The Kier molecular flexibility index (Phi) is 13.2. The molecule has 2 atom stereocenters. The maximum Gasteiger partial charge on any atom is 0.191 e. The fraction of sp³-hybridized carbons (Fsp3) is 0.682. The second-order valence-electron chi connectivity index (χ2n) is 7.76. The summed E-state index contributed by atoms with van der Waals surface area (Å²) in [6, 6.07) is 8.78. The fourth-order valence-electron chi connectivity index (χ4n) is 3.88. The van der Waals surface area contributed by atoms with Crippen molar-refractivity contribution in [2.45, 2.75) is 32.9 Å². The highest BCUT2D eigenvalue weighted by Gasteiger charge is 2.23. The van der Waals surface area contributed by atoms with E-state index in [-0.39, 0.29) is 30.0 Å². The Morgan fingerprint density at radius 3 is 2.50 bits per heavy atom. The molecule has 2 N–H and O–H groups in total. The van der Waals surface area contributed by atoms with Crippen molar-refractivity contribution in [3.05, 3.63) is 34.9 Å². The first kappa shape index (κ1) is 27.4. The number of piperazine rings is 1. The second-order valence-corrected chi connectivity index (χ2v) is 8.16. The summed E-state index contributed by atoms with van der Waals surface area (Å²) in [5.41, 5.74) is 1.14. The van der Waals surface area contributed by atoms with Gasteiger partial charge < -0.3 is 15.5 Å². The first-order valence-electron chi connectivity index (χ1n) is 10.9. The van der Waals surface area contributed by atoms with Crippen LogP contribution in [0.1, 0.15) is 32.4 Å². The van der Waals surface area contributed by atoms with Crippen molar-refractivity contribution in [2.24, 2.45) is 4.99 Å². The molecular weight excluding hydrogens is 511 g/mol. The van der Waals surface area contributed by atoms with Gasteiger partial charge >= 0.3 is 0 Å². The number of nitrogens with one attached hydrogen (secondary N) is 2. The molecule has 0 saturated carbocycles. The molecule has 0 aromatic heterocycles. The number of likely N-dealkylation sites (N-methyl/N-ethyl adjacent to an activating group) is 3. The van der Waals surface area contributed by atoms with Crippen molar-refractivity contribution in [1.82, 2.24) is 25.3 Å². The van der Waals surface area contributed by atoms with Crippen LogP contribution in [0, 0.1) is 0 Å². The zero-order valence-electron chi connectivity index (χ0n) is 19.2. The molecule has 0 bridgehead atoms. The normalized spacial score (nSPS) is 19.4. The van der Waals surface area contributed by atoms with Gasteiger partial charge in [-0.2, -0.15) is 0 Å². The van der Waals surface area contributed by atoms with Crippen LogP contribution in [-0.4, -0.2) is 93.2 Å². The number of rotatable bonds is 9. The molecule has 0 radical (unpaired) electrons. The summed E-state index contributed by atoms with van der Waals surface area (Å²) in [5.74, 6) is 0.873. The molecule has 1 aromatic carbocycles. The van der Waals surface area contributed by atoms with E-state index in [1.165, 1.54) is 0 Å². The van der Waals surface area contributed by atoms with Gasteiger partial charge in [0, 0.05) is 43.8 Å². The minimum atomic E-state index is 0. The first-order chi connectivity index (χ1) is 14.0. The minimum absolute atomic E-state index is 0. The predicted molar refractivity (Wildman–Crippen MR) is 140 cm³/mol. The monoisotopic (exact) mass is 550 g/mol. The quantitative estimate of drug-likeness (QED) is 0.281. The molecule has 1 saturated heterocycles. The highest BCUT2D eigenvalue weighted by atomic mass is 127. The molecule has 0 aliphatic carbocycles. The van der Waals surface area contributed by atoms with Gasteiger partial charge in [-0.15, -0.1) is 24.0 Å². The van der Waals surface area contributed by atoms with Crippen LogP contribution in [0.3, 0.4) is 0 Å². The van der Waals surface area contributed by atoms with E-state index in [0.717, 1.165) is 62.4 Å². The van der Waals surface area contributed by atoms with Crippen LogP contribution in [0.5, 0.6) is 0 Å². The average molecular weight is 551 g/mol. The van der Waals surface area contributed by atoms with Crippen LogP contribution in [-0.2, 0) is 0 Å². The van der Waals surface area contributed by atoms with E-state index in [0.29, 0.717) is 12.6 Å². The van der Waals surface area contributed by atoms with Gasteiger partial charge in [0.2, 0.25) is 0 Å². The van der Waals surface area contributed by atoms with Crippen molar-refractivity contribution in [2.75, 3.05) is 66.5 Å². The summed E-state index contributed by atoms with van der Waals surface area (Å²) in [7, 11) is 4.40. The number of aliphatic imine (C=N–C) groups is 1. The average Bonchev–Trinajstić information content (AvgIpc) is 2.72. The van der Waals surface area contributed by atoms with E-state index in [4.69, 9.17) is 16.6 Å². The van der Waals surface area contributed by atoms with Crippen molar-refractivity contribution >= 4 is 41.5 Å². The van der Waals surface area contributed by atoms with Crippen LogP contribution in [0.4, 0.5) is 0 Å². The summed E-state index contributed by atoms with van der Waals surface area (Å²) < 4.78 is 0. The Bertz CT molecular complexity index is 640. The van der Waals surface area contributed by atoms with Gasteiger partial charge in [-0.3, -0.25) is 14.8 Å². The Labute approximate surface area is 205 Å². The lowest BCUT2D eigenvalue weighted by Crippen LogP contribution is -2.55. The zero-order chi connectivity index (χ0) is 21.2. The molecular formula is C22H40ClIN6. The Hall–Kier alpha value is -0.610. The maximum absolute atomic E-state index is 6.53. The molecule has 0 spiro atoms. The lowest BCUT2D eigenvalue weighted by Gasteiger charge is -2.38. The van der Waals surface area contributed by atoms with Crippen LogP contribution < -0.4 is 10.6 Å². The zero-order valence-corrected chi connectivity index (χ0v) is 22.3. The van der Waals surface area contributed by atoms with Crippen LogP contribution in [0.25, 0.3) is 0 Å². The molecule has 0 amide bonds. The first-order valence-corrected chi connectivity index (χ1v) is 11.3. The molecule has 8 heteroatoms. The number of guanidine groups is 1. The van der Waals surface area contributed by atoms with Crippen LogP contribution in [0.15, 0.2) is 29.3 Å². The Morgan fingerprint density at radius 2 is 1.87 bits per heavy atom. The number of nitrogens with zero attached hydrogens (tertiary/aromatic N) is 4. The molecule has 1 fully saturated rings. The topological polar surface area (TPSA) is 46.1 Å². The van der Waals surface area contributed by atoms with Gasteiger partial charge in [-0.05, 0) is 45.7 Å². The van der Waals surface area contributed by atoms with Crippen molar-refractivity contribution < 1.29 is 0 Å². The second kappa shape index (κ2) is 14.5. The standard InChI is InChI=1S/C22H39ClN6.HI/c1-6-24-22(25-15-18-17-27(4)13-14-28(18)5)26-16-21(29(7-2)8-3)19-11-9-10-12-20(19)23;/h9-12,18,21H,6-8,13-17H2,1-5H3,(H2,24,25,26);1H. The molecule has 2 rings (SSSR count). The molecule has 1 aromatic rings. The summed E-state index contributed by atoms with van der Waals surface area (Å²) in [5, 5.41) is 7.77. The number of benzene rings is 1. The van der Waals surface area contributed by atoms with Crippen molar-refractivity contribution in [3.8, 4) is 0 Å². The molecule has 30 heavy (non-hydrogen) atoms. The van der Waals surface area contributed by atoms with E-state index in [9.17, 15) is 0 Å². The predicted octanol–water partition coefficient (Wildman–Crippen LogP) is 3.14. The third-order valence-electron chi connectivity index (χ3n) is 5.77. The summed E-state index contributed by atoms with van der Waals surface area (Å²) in [6.45, 7) is 14.1. The molecule has 1 aliphatic rings. The van der Waals surface area contributed by atoms with E-state index in [2.05, 4.69) is 72.3 Å². The van der Waals surface area contributed by atoms with Gasteiger partial charge in [0.1, 0.15) is 0 Å². The number of halogens is 2. The summed E-state index contributed by atoms with van der Waals surface area (Å²) >= 11 is 6.53. The van der Waals surface area contributed by atoms with Gasteiger partial charge in [0.05, 0.1) is 12.6 Å². The molecule has 172 valence electrons. The minimum Gasteiger partial charge on any atom is -0.357 e. The lowest BCUT2D eigenvalue weighted by atomic mass is 10.1. The Balaban J connectivity index is 0.00000450. The summed E-state index contributed by atoms with van der Waals surface area (Å²) in [4.78, 5) is 12.2. The smallest absolute Gasteiger partial charge is 0.191 e. The molecule has 1 heterocycles. The highest BCUT2D eigenvalue weighted by Crippen LogP contribution is 2.27. The van der Waals surface area contributed by atoms with Gasteiger partial charge in [-0.1, -0.05) is 43.6 Å². The van der Waals surface area contributed by atoms with Crippen molar-refractivity contribution in [1.29, 1.82) is 0 Å². The third kappa shape index (κ3) is 8.15. The SMILES string of the molecule is CCNC(=NCC(c1ccccc1Cl)N(CC)CC)NCC1CN(C)CCN1C.I. The summed E-state index contributed by atoms with van der Waals surface area (Å²) in [6.07, 6.45) is 0. The van der Waals surface area contributed by atoms with E-state index >= 15 is 0 Å². The van der Waals surface area contributed by atoms with Gasteiger partial charge in [0.25, 0.3) is 0 Å². The lowest BCUT2D eigenvalue weighted by molar-refractivity contribution is 0.116. The number of hydrogen-bond donors (Lipinski definition) is 2. The number of hydrogen-bond acceptors (Lipinski definition) is 4. The van der Waals surface area contributed by atoms with Crippen LogP contribution in [0.2, 0.25) is 5.02 Å². The highest BCUT2D eigenvalue weighted by molar-refractivity contribution is 14.0. The fourth-order valence-corrected chi connectivity index (χ4v) is 4.14. The third-order valence-corrected chi connectivity index (χ3v) is 6.11. The molecule has 1 aliphatic heterocycles. The molecule has 6 nitrogen and oxygen atoms in total. The van der Waals surface area contributed by atoms with Crippen LogP contribution >= 0.6 is 35.6 Å². The van der Waals surface area contributed by atoms with E-state index < -0.39 is 0 Å².